The van der Waals surface area contributed by atoms with Crippen molar-refractivity contribution in [3.8, 4) is 0 Å². The Bertz CT molecular complexity index is 833. The highest BCUT2D eigenvalue weighted by Crippen LogP contribution is 2.12. The van der Waals surface area contributed by atoms with E-state index in [1.165, 1.54) is 6.08 Å². The molecule has 0 aliphatic carbocycles. The fourth-order valence-electron chi connectivity index (χ4n) is 2.54. The first-order chi connectivity index (χ1) is 11.7. The minimum absolute atomic E-state index is 0.0492. The average molecular weight is 386 g/mol. The van der Waals surface area contributed by atoms with E-state index in [0.717, 1.165) is 15.3 Å². The third kappa shape index (κ3) is 5.94. The summed E-state index contributed by atoms with van der Waals surface area (Å²) in [5, 5.41) is 3.67. The maximum Gasteiger partial charge on any atom is 0.236 e. The third-order valence-corrected chi connectivity index (χ3v) is 7.22. The van der Waals surface area contributed by atoms with E-state index in [9.17, 15) is 21.6 Å². The summed E-state index contributed by atoms with van der Waals surface area (Å²) in [6, 6.07) is 8.53. The number of amides is 1. The van der Waals surface area contributed by atoms with Crippen molar-refractivity contribution < 1.29 is 21.6 Å². The largest absolute Gasteiger partial charge is 0.351 e. The number of rotatable bonds is 7. The molecule has 1 fully saturated rings. The Balaban J connectivity index is 1.98. The molecule has 0 bridgehead atoms. The van der Waals surface area contributed by atoms with E-state index in [1.54, 1.807) is 31.2 Å². The average Bonchev–Trinajstić information content (AvgIpc) is 2.90. The van der Waals surface area contributed by atoms with Crippen LogP contribution in [0.3, 0.4) is 0 Å². The molecular formula is C16H22N2O5S2. The van der Waals surface area contributed by atoms with E-state index in [-0.39, 0.29) is 24.6 Å². The zero-order chi connectivity index (χ0) is 18.5. The predicted molar refractivity (Wildman–Crippen MR) is 96.8 cm³/mol. The van der Waals surface area contributed by atoms with Crippen LogP contribution in [0.1, 0.15) is 18.9 Å². The number of benzene rings is 1. The molecule has 0 spiro atoms. The third-order valence-electron chi connectivity index (χ3n) is 3.86. The minimum atomic E-state index is -3.75. The zero-order valence-corrected chi connectivity index (χ0v) is 15.6. The standard InChI is InChI=1S/C16H22N2O5S2/c1-2-18(12-16(19)17-15-9-10-24(20,21)13-15)25(22,23)11-8-14-6-4-3-5-7-14/h3-8,11,15H,2,9-10,12-13H2,1H3,(H,17,19). The Morgan fingerprint density at radius 1 is 1.32 bits per heavy atom. The van der Waals surface area contributed by atoms with Gasteiger partial charge in [0.05, 0.1) is 18.1 Å². The molecule has 0 radical (unpaired) electrons. The normalized spacial score (nSPS) is 20.2. The second-order valence-electron chi connectivity index (χ2n) is 5.85. The number of carbonyl (C=O) groups is 1. The first-order valence-electron chi connectivity index (χ1n) is 7.95. The van der Waals surface area contributed by atoms with E-state index in [0.29, 0.717) is 6.42 Å². The molecule has 1 amide bonds. The Labute approximate surface area is 148 Å². The van der Waals surface area contributed by atoms with Crippen molar-refractivity contribution in [1.29, 1.82) is 0 Å². The van der Waals surface area contributed by atoms with Crippen molar-refractivity contribution in [1.82, 2.24) is 9.62 Å². The molecule has 2 rings (SSSR count). The van der Waals surface area contributed by atoms with Crippen LogP contribution in [0, 0.1) is 0 Å². The van der Waals surface area contributed by atoms with Gasteiger partial charge in [0.1, 0.15) is 0 Å². The minimum Gasteiger partial charge on any atom is -0.351 e. The molecule has 1 heterocycles. The van der Waals surface area contributed by atoms with Crippen LogP contribution in [-0.2, 0) is 24.7 Å². The van der Waals surface area contributed by atoms with Gasteiger partial charge in [0.25, 0.3) is 0 Å². The molecule has 1 unspecified atom stereocenters. The summed E-state index contributed by atoms with van der Waals surface area (Å²) in [7, 11) is -6.85. The molecule has 1 atom stereocenters. The van der Waals surface area contributed by atoms with Gasteiger partial charge in [0.15, 0.2) is 9.84 Å². The molecule has 1 aliphatic heterocycles. The van der Waals surface area contributed by atoms with Gasteiger partial charge in [-0.25, -0.2) is 16.8 Å². The van der Waals surface area contributed by atoms with Gasteiger partial charge in [0, 0.05) is 18.0 Å². The van der Waals surface area contributed by atoms with Gasteiger partial charge in [-0.2, -0.15) is 4.31 Å². The van der Waals surface area contributed by atoms with Gasteiger partial charge < -0.3 is 5.32 Å². The lowest BCUT2D eigenvalue weighted by atomic mass is 10.2. The summed E-state index contributed by atoms with van der Waals surface area (Å²) in [4.78, 5) is 12.1. The molecule has 9 heteroatoms. The highest BCUT2D eigenvalue weighted by molar-refractivity contribution is 7.92. The summed E-state index contributed by atoms with van der Waals surface area (Å²) in [6.45, 7) is 1.44. The second kappa shape index (κ2) is 8.11. The summed E-state index contributed by atoms with van der Waals surface area (Å²) in [5.74, 6) is -0.542. The number of hydrogen-bond donors (Lipinski definition) is 1. The van der Waals surface area contributed by atoms with Crippen LogP contribution in [0.25, 0.3) is 6.08 Å². The molecule has 1 N–H and O–H groups in total. The van der Waals surface area contributed by atoms with E-state index in [2.05, 4.69) is 5.32 Å². The van der Waals surface area contributed by atoms with Gasteiger partial charge in [-0.1, -0.05) is 37.3 Å². The molecule has 0 saturated carbocycles. The van der Waals surface area contributed by atoms with Crippen LogP contribution in [0.5, 0.6) is 0 Å². The fraction of sp³-hybridized carbons (Fsp3) is 0.438. The molecule has 138 valence electrons. The van der Waals surface area contributed by atoms with Gasteiger partial charge in [-0.15, -0.1) is 0 Å². The second-order valence-corrected chi connectivity index (χ2v) is 9.90. The monoisotopic (exact) mass is 386 g/mol. The first kappa shape index (κ1) is 19.6. The molecular weight excluding hydrogens is 364 g/mol. The lowest BCUT2D eigenvalue weighted by Crippen LogP contribution is -2.44. The lowest BCUT2D eigenvalue weighted by Gasteiger charge is -2.19. The zero-order valence-electron chi connectivity index (χ0n) is 14.0. The Hall–Kier alpha value is -1.71. The van der Waals surface area contributed by atoms with Crippen molar-refractivity contribution >= 4 is 31.8 Å². The smallest absolute Gasteiger partial charge is 0.236 e. The Morgan fingerprint density at radius 3 is 2.56 bits per heavy atom. The van der Waals surface area contributed by atoms with Gasteiger partial charge >= 0.3 is 0 Å². The summed E-state index contributed by atoms with van der Waals surface area (Å²) < 4.78 is 48.6. The van der Waals surface area contributed by atoms with E-state index in [4.69, 9.17) is 0 Å². The molecule has 1 aromatic rings. The highest BCUT2D eigenvalue weighted by atomic mass is 32.2. The number of nitrogens with zero attached hydrogens (tertiary/aromatic N) is 1. The number of carbonyl (C=O) groups excluding carboxylic acids is 1. The number of likely N-dealkylation sites (N-methyl/N-ethyl adjacent to an activating group) is 1. The molecule has 7 nitrogen and oxygen atoms in total. The van der Waals surface area contributed by atoms with E-state index < -0.39 is 31.8 Å². The molecule has 1 aromatic carbocycles. The van der Waals surface area contributed by atoms with Gasteiger partial charge in [-0.05, 0) is 18.1 Å². The molecule has 0 aromatic heterocycles. The SMILES string of the molecule is CCN(CC(=O)NC1CCS(=O)(=O)C1)S(=O)(=O)C=Cc1ccccc1. The van der Waals surface area contributed by atoms with Crippen LogP contribution in [-0.4, -0.2) is 57.7 Å². The van der Waals surface area contributed by atoms with Crippen molar-refractivity contribution in [2.75, 3.05) is 24.6 Å². The fourth-order valence-corrected chi connectivity index (χ4v) is 5.37. The quantitative estimate of drug-likeness (QED) is 0.740. The number of sulfonamides is 1. The van der Waals surface area contributed by atoms with E-state index >= 15 is 0 Å². The molecule has 1 aliphatic rings. The topological polar surface area (TPSA) is 101 Å². The predicted octanol–water partition coefficient (Wildman–Crippen LogP) is 0.612. The van der Waals surface area contributed by atoms with Crippen LogP contribution >= 0.6 is 0 Å². The van der Waals surface area contributed by atoms with Crippen molar-refractivity contribution in [3.05, 3.63) is 41.3 Å². The summed E-state index contributed by atoms with van der Waals surface area (Å²) in [6.07, 6.45) is 1.83. The number of hydrogen-bond acceptors (Lipinski definition) is 5. The van der Waals surface area contributed by atoms with Crippen LogP contribution in [0.15, 0.2) is 35.7 Å². The Morgan fingerprint density at radius 2 is 2.00 bits per heavy atom. The number of sulfone groups is 1. The van der Waals surface area contributed by atoms with Crippen LogP contribution < -0.4 is 5.32 Å². The summed E-state index contributed by atoms with van der Waals surface area (Å²) >= 11 is 0. The van der Waals surface area contributed by atoms with Crippen molar-refractivity contribution in [3.63, 3.8) is 0 Å². The maximum atomic E-state index is 12.4. The van der Waals surface area contributed by atoms with Crippen LogP contribution in [0.4, 0.5) is 0 Å². The lowest BCUT2D eigenvalue weighted by molar-refractivity contribution is -0.121. The summed E-state index contributed by atoms with van der Waals surface area (Å²) in [5.41, 5.74) is 0.739. The molecule has 1 saturated heterocycles. The Kier molecular flexibility index (Phi) is 6.36. The maximum absolute atomic E-state index is 12.4. The van der Waals surface area contributed by atoms with Crippen molar-refractivity contribution in [2.45, 2.75) is 19.4 Å². The highest BCUT2D eigenvalue weighted by Gasteiger charge is 2.30. The number of nitrogens with one attached hydrogen (secondary N) is 1. The van der Waals surface area contributed by atoms with Gasteiger partial charge in [0.2, 0.25) is 15.9 Å². The van der Waals surface area contributed by atoms with Crippen LogP contribution in [0.2, 0.25) is 0 Å². The first-order valence-corrected chi connectivity index (χ1v) is 11.3. The van der Waals surface area contributed by atoms with Gasteiger partial charge in [-0.3, -0.25) is 4.79 Å². The molecule has 25 heavy (non-hydrogen) atoms. The van der Waals surface area contributed by atoms with E-state index in [1.807, 2.05) is 6.07 Å². The van der Waals surface area contributed by atoms with Crippen molar-refractivity contribution in [2.24, 2.45) is 0 Å².